The van der Waals surface area contributed by atoms with E-state index in [0.717, 1.165) is 24.2 Å². The number of fused-ring (bicyclic) bond motifs is 1. The molecule has 0 bridgehead atoms. The number of pyridine rings is 1. The standard InChI is InChI=1S/C22H25N5O3/c1-30-22(8-13-26(14-9-22)18-6-10-23-11-7-18)21(29)24-12-15-27-20(28)19-5-3-2-4-17(19)16-25-27/h2-7,10-11,16H,8-9,12-15H2,1H3,(H,24,29). The minimum Gasteiger partial charge on any atom is -0.371 e. The average Bonchev–Trinajstić information content (AvgIpc) is 2.81. The van der Waals surface area contributed by atoms with E-state index in [9.17, 15) is 9.59 Å². The molecule has 0 saturated carbocycles. The van der Waals surface area contributed by atoms with E-state index in [4.69, 9.17) is 4.74 Å². The highest BCUT2D eigenvalue weighted by Gasteiger charge is 2.41. The van der Waals surface area contributed by atoms with Gasteiger partial charge in [-0.25, -0.2) is 4.68 Å². The Labute approximate surface area is 174 Å². The van der Waals surface area contributed by atoms with Gasteiger partial charge in [0.05, 0.1) is 18.1 Å². The summed E-state index contributed by atoms with van der Waals surface area (Å²) in [5, 5.41) is 8.57. The number of nitrogens with zero attached hydrogens (tertiary/aromatic N) is 4. The molecule has 3 heterocycles. The summed E-state index contributed by atoms with van der Waals surface area (Å²) in [6, 6.07) is 11.3. The van der Waals surface area contributed by atoms with Crippen LogP contribution in [-0.2, 0) is 16.1 Å². The second kappa shape index (κ2) is 8.62. The molecular weight excluding hydrogens is 382 g/mol. The summed E-state index contributed by atoms with van der Waals surface area (Å²) in [7, 11) is 1.58. The van der Waals surface area contributed by atoms with Gasteiger partial charge in [-0.3, -0.25) is 14.6 Å². The first-order valence-corrected chi connectivity index (χ1v) is 10.1. The highest BCUT2D eigenvalue weighted by Crippen LogP contribution is 2.29. The highest BCUT2D eigenvalue weighted by molar-refractivity contribution is 5.85. The van der Waals surface area contributed by atoms with Crippen molar-refractivity contribution in [2.45, 2.75) is 25.0 Å². The van der Waals surface area contributed by atoms with Crippen molar-refractivity contribution in [3.63, 3.8) is 0 Å². The smallest absolute Gasteiger partial charge is 0.274 e. The van der Waals surface area contributed by atoms with E-state index < -0.39 is 5.60 Å². The Hall–Kier alpha value is -3.26. The first-order chi connectivity index (χ1) is 14.6. The Morgan fingerprint density at radius 3 is 2.63 bits per heavy atom. The Morgan fingerprint density at radius 2 is 1.90 bits per heavy atom. The molecule has 8 nitrogen and oxygen atoms in total. The number of hydrogen-bond donors (Lipinski definition) is 1. The summed E-state index contributed by atoms with van der Waals surface area (Å²) in [5.41, 5.74) is 0.0806. The number of piperidine rings is 1. The first kappa shape index (κ1) is 20.0. The molecule has 4 rings (SSSR count). The molecule has 1 fully saturated rings. The van der Waals surface area contributed by atoms with Crippen molar-refractivity contribution >= 4 is 22.4 Å². The van der Waals surface area contributed by atoms with E-state index in [1.54, 1.807) is 31.8 Å². The molecule has 1 aliphatic rings. The number of methoxy groups -OCH3 is 1. The lowest BCUT2D eigenvalue weighted by atomic mass is 9.89. The quantitative estimate of drug-likeness (QED) is 0.668. The highest BCUT2D eigenvalue weighted by atomic mass is 16.5. The summed E-state index contributed by atoms with van der Waals surface area (Å²) >= 11 is 0. The van der Waals surface area contributed by atoms with Crippen LogP contribution in [0.15, 0.2) is 59.8 Å². The molecule has 3 aromatic rings. The zero-order chi connectivity index (χ0) is 21.0. The zero-order valence-corrected chi connectivity index (χ0v) is 17.0. The van der Waals surface area contributed by atoms with E-state index in [-0.39, 0.29) is 11.5 Å². The molecule has 0 radical (unpaired) electrons. The average molecular weight is 407 g/mol. The van der Waals surface area contributed by atoms with Gasteiger partial charge >= 0.3 is 0 Å². The number of carbonyl (C=O) groups excluding carboxylic acids is 1. The summed E-state index contributed by atoms with van der Waals surface area (Å²) < 4.78 is 7.06. The molecule has 0 spiro atoms. The van der Waals surface area contributed by atoms with Crippen LogP contribution in [0.3, 0.4) is 0 Å². The van der Waals surface area contributed by atoms with Crippen LogP contribution in [0.5, 0.6) is 0 Å². The van der Waals surface area contributed by atoms with E-state index in [2.05, 4.69) is 20.3 Å². The number of aromatic nitrogens is 3. The number of rotatable bonds is 6. The maximum atomic E-state index is 12.9. The second-order valence-corrected chi connectivity index (χ2v) is 7.41. The van der Waals surface area contributed by atoms with Gasteiger partial charge in [-0.1, -0.05) is 18.2 Å². The van der Waals surface area contributed by atoms with Gasteiger partial charge in [0.25, 0.3) is 11.5 Å². The SMILES string of the molecule is COC1(C(=O)NCCn2ncc3ccccc3c2=O)CCN(c2ccncc2)CC1. The fourth-order valence-corrected chi connectivity index (χ4v) is 3.93. The molecule has 30 heavy (non-hydrogen) atoms. The summed E-state index contributed by atoms with van der Waals surface area (Å²) in [6.07, 6.45) is 6.38. The Kier molecular flexibility index (Phi) is 5.76. The molecule has 1 aromatic carbocycles. The van der Waals surface area contributed by atoms with E-state index in [1.165, 1.54) is 4.68 Å². The van der Waals surface area contributed by atoms with E-state index >= 15 is 0 Å². The van der Waals surface area contributed by atoms with Crippen molar-refractivity contribution in [1.82, 2.24) is 20.1 Å². The van der Waals surface area contributed by atoms with Crippen LogP contribution in [0.25, 0.3) is 10.8 Å². The fourth-order valence-electron chi connectivity index (χ4n) is 3.93. The number of amides is 1. The van der Waals surface area contributed by atoms with Crippen molar-refractivity contribution in [3.05, 3.63) is 65.3 Å². The fraction of sp³-hybridized carbons (Fsp3) is 0.364. The van der Waals surface area contributed by atoms with E-state index in [1.807, 2.05) is 30.3 Å². The van der Waals surface area contributed by atoms with Crippen LogP contribution in [0, 0.1) is 0 Å². The van der Waals surface area contributed by atoms with Gasteiger partial charge < -0.3 is 15.0 Å². The molecule has 8 heteroatoms. The molecule has 2 aromatic heterocycles. The van der Waals surface area contributed by atoms with Gasteiger partial charge in [-0.2, -0.15) is 5.10 Å². The van der Waals surface area contributed by atoms with Crippen LogP contribution in [0.4, 0.5) is 5.69 Å². The normalized spacial score (nSPS) is 15.8. The van der Waals surface area contributed by atoms with Gasteiger partial charge in [-0.15, -0.1) is 0 Å². The molecule has 156 valence electrons. The molecule has 1 N–H and O–H groups in total. The largest absolute Gasteiger partial charge is 0.371 e. The molecule has 0 aliphatic carbocycles. The molecule has 0 unspecified atom stereocenters. The third-order valence-electron chi connectivity index (χ3n) is 5.77. The lowest BCUT2D eigenvalue weighted by Gasteiger charge is -2.40. The lowest BCUT2D eigenvalue weighted by molar-refractivity contribution is -0.146. The molecule has 1 amide bonds. The van der Waals surface area contributed by atoms with Gasteiger partial charge in [0.1, 0.15) is 5.60 Å². The molecule has 1 aliphatic heterocycles. The number of hydrogen-bond acceptors (Lipinski definition) is 6. The molecule has 0 atom stereocenters. The number of nitrogens with one attached hydrogen (secondary N) is 1. The monoisotopic (exact) mass is 407 g/mol. The maximum absolute atomic E-state index is 12.9. The van der Waals surface area contributed by atoms with E-state index in [0.29, 0.717) is 31.3 Å². The van der Waals surface area contributed by atoms with Crippen molar-refractivity contribution < 1.29 is 9.53 Å². The molecular formula is C22H25N5O3. The predicted molar refractivity (Wildman–Crippen MR) is 114 cm³/mol. The number of benzene rings is 1. The summed E-state index contributed by atoms with van der Waals surface area (Å²) in [4.78, 5) is 31.7. The second-order valence-electron chi connectivity index (χ2n) is 7.41. The minimum atomic E-state index is -0.856. The minimum absolute atomic E-state index is 0.145. The van der Waals surface area contributed by atoms with Gasteiger partial charge in [-0.05, 0) is 18.2 Å². The lowest BCUT2D eigenvalue weighted by Crippen LogP contribution is -2.55. The van der Waals surface area contributed by atoms with Gasteiger partial charge in [0.2, 0.25) is 0 Å². The van der Waals surface area contributed by atoms with Crippen LogP contribution < -0.4 is 15.8 Å². The maximum Gasteiger partial charge on any atom is 0.274 e. The zero-order valence-electron chi connectivity index (χ0n) is 17.0. The van der Waals surface area contributed by atoms with Gasteiger partial charge in [0, 0.05) is 63.1 Å². The Morgan fingerprint density at radius 1 is 1.17 bits per heavy atom. The molecule has 1 saturated heterocycles. The number of carbonyl (C=O) groups is 1. The topological polar surface area (TPSA) is 89.3 Å². The number of anilines is 1. The van der Waals surface area contributed by atoms with Crippen LogP contribution >= 0.6 is 0 Å². The van der Waals surface area contributed by atoms with Crippen molar-refractivity contribution in [2.75, 3.05) is 31.6 Å². The third-order valence-corrected chi connectivity index (χ3v) is 5.77. The van der Waals surface area contributed by atoms with Crippen LogP contribution in [0.1, 0.15) is 12.8 Å². The third kappa shape index (κ3) is 3.91. The predicted octanol–water partition coefficient (Wildman–Crippen LogP) is 1.59. The van der Waals surface area contributed by atoms with Crippen molar-refractivity contribution in [1.29, 1.82) is 0 Å². The van der Waals surface area contributed by atoms with Gasteiger partial charge in [0.15, 0.2) is 0 Å². The van der Waals surface area contributed by atoms with Crippen LogP contribution in [-0.4, -0.2) is 53.0 Å². The van der Waals surface area contributed by atoms with Crippen molar-refractivity contribution in [2.24, 2.45) is 0 Å². The summed E-state index contributed by atoms with van der Waals surface area (Å²) in [5.74, 6) is -0.145. The summed E-state index contributed by atoms with van der Waals surface area (Å²) in [6.45, 7) is 2.05. The Balaban J connectivity index is 1.36. The van der Waals surface area contributed by atoms with Crippen LogP contribution in [0.2, 0.25) is 0 Å². The number of ether oxygens (including phenoxy) is 1. The van der Waals surface area contributed by atoms with Crippen molar-refractivity contribution in [3.8, 4) is 0 Å². The Bertz CT molecular complexity index is 1070. The first-order valence-electron chi connectivity index (χ1n) is 10.1.